The highest BCUT2D eigenvalue weighted by atomic mass is 16.5. The van der Waals surface area contributed by atoms with Gasteiger partial charge in [-0.25, -0.2) is 0 Å². The molecule has 0 bridgehead atoms. The van der Waals surface area contributed by atoms with Gasteiger partial charge in [0.25, 0.3) is 0 Å². The van der Waals surface area contributed by atoms with Gasteiger partial charge in [-0.15, -0.1) is 0 Å². The molecule has 1 N–H and O–H groups in total. The maximum atomic E-state index is 5.25. The molecule has 0 aromatic heterocycles. The molecule has 0 radical (unpaired) electrons. The molecule has 2 atom stereocenters. The molecule has 0 rings (SSSR count). The first-order valence-corrected chi connectivity index (χ1v) is 4.91. The Morgan fingerprint density at radius 2 is 2.08 bits per heavy atom. The van der Waals surface area contributed by atoms with Gasteiger partial charge in [-0.3, -0.25) is 0 Å². The average molecular weight is 173 g/mol. The van der Waals surface area contributed by atoms with Crippen LogP contribution in [0.2, 0.25) is 0 Å². The molecule has 0 aromatic rings. The number of hydrogen-bond donors (Lipinski definition) is 1. The Hall–Kier alpha value is -0.0800. The fraction of sp³-hybridized carbons (Fsp3) is 1.00. The van der Waals surface area contributed by atoms with Gasteiger partial charge in [0.05, 0.1) is 6.10 Å². The first-order chi connectivity index (χ1) is 5.74. The Morgan fingerprint density at radius 3 is 2.50 bits per heavy atom. The van der Waals surface area contributed by atoms with Crippen LogP contribution in [0.15, 0.2) is 0 Å². The first-order valence-electron chi connectivity index (χ1n) is 4.91. The van der Waals surface area contributed by atoms with E-state index in [4.69, 9.17) is 4.74 Å². The molecule has 0 saturated carbocycles. The van der Waals surface area contributed by atoms with Gasteiger partial charge in [0, 0.05) is 7.11 Å². The van der Waals surface area contributed by atoms with Crippen molar-refractivity contribution in [2.24, 2.45) is 5.92 Å². The van der Waals surface area contributed by atoms with Crippen molar-refractivity contribution in [3.63, 3.8) is 0 Å². The zero-order valence-electron chi connectivity index (χ0n) is 8.89. The summed E-state index contributed by atoms with van der Waals surface area (Å²) in [6.45, 7) is 5.49. The van der Waals surface area contributed by atoms with Crippen LogP contribution in [0.1, 0.15) is 33.1 Å². The topological polar surface area (TPSA) is 21.3 Å². The summed E-state index contributed by atoms with van der Waals surface area (Å²) in [7, 11) is 3.80. The van der Waals surface area contributed by atoms with Crippen molar-refractivity contribution in [2.75, 3.05) is 20.7 Å². The summed E-state index contributed by atoms with van der Waals surface area (Å²) < 4.78 is 5.25. The average Bonchev–Trinajstić information content (AvgIpc) is 2.05. The lowest BCUT2D eigenvalue weighted by Gasteiger charge is -2.19. The van der Waals surface area contributed by atoms with Gasteiger partial charge in [-0.05, 0) is 39.3 Å². The minimum atomic E-state index is 0.398. The van der Waals surface area contributed by atoms with E-state index in [1.807, 2.05) is 7.05 Å². The SMILES string of the molecule is CCCC(CNC)CC(C)OC. The summed E-state index contributed by atoms with van der Waals surface area (Å²) in [5, 5.41) is 3.23. The predicted molar refractivity (Wildman–Crippen MR) is 53.4 cm³/mol. The molecule has 12 heavy (non-hydrogen) atoms. The molecular weight excluding hydrogens is 150 g/mol. The van der Waals surface area contributed by atoms with E-state index in [1.54, 1.807) is 7.11 Å². The van der Waals surface area contributed by atoms with Crippen molar-refractivity contribution in [2.45, 2.75) is 39.2 Å². The number of methoxy groups -OCH3 is 1. The highest BCUT2D eigenvalue weighted by Crippen LogP contribution is 2.13. The molecule has 0 aliphatic heterocycles. The highest BCUT2D eigenvalue weighted by Gasteiger charge is 2.10. The summed E-state index contributed by atoms with van der Waals surface area (Å²) >= 11 is 0. The van der Waals surface area contributed by atoms with Gasteiger partial charge in [-0.1, -0.05) is 13.3 Å². The van der Waals surface area contributed by atoms with Gasteiger partial charge in [0.1, 0.15) is 0 Å². The summed E-state index contributed by atoms with van der Waals surface area (Å²) in [6.07, 6.45) is 4.14. The van der Waals surface area contributed by atoms with E-state index >= 15 is 0 Å². The second kappa shape index (κ2) is 7.56. The van der Waals surface area contributed by atoms with E-state index in [0.717, 1.165) is 12.5 Å². The lowest BCUT2D eigenvalue weighted by molar-refractivity contribution is 0.0934. The van der Waals surface area contributed by atoms with Crippen molar-refractivity contribution >= 4 is 0 Å². The van der Waals surface area contributed by atoms with Gasteiger partial charge >= 0.3 is 0 Å². The van der Waals surface area contributed by atoms with Crippen molar-refractivity contribution in [3.8, 4) is 0 Å². The molecule has 2 heteroatoms. The second-order valence-corrected chi connectivity index (χ2v) is 3.49. The van der Waals surface area contributed by atoms with E-state index in [0.29, 0.717) is 6.10 Å². The van der Waals surface area contributed by atoms with Gasteiger partial charge in [0.2, 0.25) is 0 Å². The molecule has 0 amide bonds. The first kappa shape index (κ1) is 11.9. The molecule has 0 fully saturated rings. The van der Waals surface area contributed by atoms with Crippen molar-refractivity contribution < 1.29 is 4.74 Å². The molecule has 2 nitrogen and oxygen atoms in total. The fourth-order valence-corrected chi connectivity index (χ4v) is 1.57. The lowest BCUT2D eigenvalue weighted by atomic mass is 9.97. The largest absolute Gasteiger partial charge is 0.382 e. The predicted octanol–water partition coefficient (Wildman–Crippen LogP) is 2.05. The van der Waals surface area contributed by atoms with E-state index < -0.39 is 0 Å². The molecule has 74 valence electrons. The monoisotopic (exact) mass is 173 g/mol. The van der Waals surface area contributed by atoms with Crippen LogP contribution in [0.4, 0.5) is 0 Å². The fourth-order valence-electron chi connectivity index (χ4n) is 1.57. The van der Waals surface area contributed by atoms with Crippen LogP contribution in [-0.2, 0) is 4.74 Å². The Balaban J connectivity index is 3.61. The molecule has 0 saturated heterocycles. The molecule has 2 unspecified atom stereocenters. The van der Waals surface area contributed by atoms with E-state index in [-0.39, 0.29) is 0 Å². The Morgan fingerprint density at radius 1 is 1.42 bits per heavy atom. The van der Waals surface area contributed by atoms with Crippen LogP contribution in [0, 0.1) is 5.92 Å². The minimum Gasteiger partial charge on any atom is -0.382 e. The molecule has 0 aliphatic carbocycles. The van der Waals surface area contributed by atoms with E-state index in [9.17, 15) is 0 Å². The minimum absolute atomic E-state index is 0.398. The van der Waals surface area contributed by atoms with Crippen molar-refractivity contribution in [1.82, 2.24) is 5.32 Å². The van der Waals surface area contributed by atoms with Crippen molar-refractivity contribution in [3.05, 3.63) is 0 Å². The third-order valence-electron chi connectivity index (χ3n) is 2.26. The summed E-state index contributed by atoms with van der Waals surface area (Å²) in [5.41, 5.74) is 0. The molecular formula is C10H23NO. The maximum absolute atomic E-state index is 5.25. The van der Waals surface area contributed by atoms with Gasteiger partial charge in [-0.2, -0.15) is 0 Å². The number of nitrogens with one attached hydrogen (secondary N) is 1. The van der Waals surface area contributed by atoms with Crippen molar-refractivity contribution in [1.29, 1.82) is 0 Å². The summed E-state index contributed by atoms with van der Waals surface area (Å²) in [5.74, 6) is 0.773. The maximum Gasteiger partial charge on any atom is 0.0546 e. The molecule has 0 heterocycles. The zero-order valence-corrected chi connectivity index (χ0v) is 8.89. The number of ether oxygens (including phenoxy) is 1. The van der Waals surface area contributed by atoms with Crippen LogP contribution in [0.25, 0.3) is 0 Å². The van der Waals surface area contributed by atoms with Crippen LogP contribution >= 0.6 is 0 Å². The van der Waals surface area contributed by atoms with E-state index in [2.05, 4.69) is 19.2 Å². The number of hydrogen-bond acceptors (Lipinski definition) is 2. The third kappa shape index (κ3) is 5.56. The normalized spacial score (nSPS) is 16.0. The van der Waals surface area contributed by atoms with Gasteiger partial charge < -0.3 is 10.1 Å². The van der Waals surface area contributed by atoms with Crippen LogP contribution < -0.4 is 5.32 Å². The Labute approximate surface area is 76.7 Å². The summed E-state index contributed by atoms with van der Waals surface area (Å²) in [4.78, 5) is 0. The zero-order chi connectivity index (χ0) is 9.40. The number of rotatable bonds is 7. The standard InChI is InChI=1S/C10H23NO/c1-5-6-10(8-11-3)7-9(2)12-4/h9-11H,5-8H2,1-4H3. The van der Waals surface area contributed by atoms with E-state index in [1.165, 1.54) is 19.3 Å². The molecule has 0 aromatic carbocycles. The molecule has 0 spiro atoms. The Kier molecular flexibility index (Phi) is 7.51. The summed E-state index contributed by atoms with van der Waals surface area (Å²) in [6, 6.07) is 0. The second-order valence-electron chi connectivity index (χ2n) is 3.49. The quantitative estimate of drug-likeness (QED) is 0.636. The third-order valence-corrected chi connectivity index (χ3v) is 2.26. The molecule has 0 aliphatic rings. The van der Waals surface area contributed by atoms with Gasteiger partial charge in [0.15, 0.2) is 0 Å². The smallest absolute Gasteiger partial charge is 0.0546 e. The van der Waals surface area contributed by atoms with Crippen LogP contribution in [-0.4, -0.2) is 26.8 Å². The van der Waals surface area contributed by atoms with Crippen LogP contribution in [0.3, 0.4) is 0 Å². The van der Waals surface area contributed by atoms with Crippen LogP contribution in [0.5, 0.6) is 0 Å². The highest BCUT2D eigenvalue weighted by molar-refractivity contribution is 4.64. The lowest BCUT2D eigenvalue weighted by Crippen LogP contribution is -2.23. The Bertz CT molecular complexity index is 89.8.